The van der Waals surface area contributed by atoms with Crippen LogP contribution in [0.4, 0.5) is 4.39 Å². The third kappa shape index (κ3) is 4.21. The van der Waals surface area contributed by atoms with Crippen molar-refractivity contribution in [3.63, 3.8) is 0 Å². The molecule has 0 atom stereocenters. The Hall–Kier alpha value is -1.06. The van der Waals surface area contributed by atoms with Crippen molar-refractivity contribution in [1.82, 2.24) is 0 Å². The Morgan fingerprint density at radius 2 is 2.25 bits per heavy atom. The van der Waals surface area contributed by atoms with Crippen molar-refractivity contribution in [2.45, 2.75) is 6.42 Å². The predicted octanol–water partition coefficient (Wildman–Crippen LogP) is 3.45. The van der Waals surface area contributed by atoms with Crippen molar-refractivity contribution in [2.75, 3.05) is 19.8 Å². The van der Waals surface area contributed by atoms with Crippen LogP contribution in [0.15, 0.2) is 24.3 Å². The van der Waals surface area contributed by atoms with Gasteiger partial charge in [-0.25, -0.2) is 4.39 Å². The van der Waals surface area contributed by atoms with Crippen molar-refractivity contribution in [3.8, 4) is 5.75 Å². The zero-order valence-electron chi connectivity index (χ0n) is 9.08. The van der Waals surface area contributed by atoms with E-state index in [2.05, 4.69) is 0 Å². The van der Waals surface area contributed by atoms with Crippen LogP contribution >= 0.6 is 11.6 Å². The van der Waals surface area contributed by atoms with Crippen LogP contribution in [0.2, 0.25) is 0 Å². The molecule has 0 spiro atoms. The monoisotopic (exact) mass is 244 g/mol. The molecule has 0 heterocycles. The summed E-state index contributed by atoms with van der Waals surface area (Å²) in [4.78, 5) is 0. The maximum absolute atomic E-state index is 13.5. The number of methoxy groups -OCH3 is 1. The molecule has 0 N–H and O–H groups in total. The lowest BCUT2D eigenvalue weighted by Gasteiger charge is -2.05. The summed E-state index contributed by atoms with van der Waals surface area (Å²) in [7, 11) is 1.51. The minimum Gasteiger partial charge on any atom is -0.467 e. The molecule has 0 amide bonds. The van der Waals surface area contributed by atoms with E-state index in [0.717, 1.165) is 6.42 Å². The summed E-state index contributed by atoms with van der Waals surface area (Å²) in [5.74, 6) is 0.668. The molecule has 0 aromatic heterocycles. The van der Waals surface area contributed by atoms with Crippen LogP contribution in [0.3, 0.4) is 0 Å². The molecule has 2 nitrogen and oxygen atoms in total. The number of allylic oxidation sites excluding steroid dienone is 1. The molecule has 1 aromatic rings. The van der Waals surface area contributed by atoms with Gasteiger partial charge in [-0.1, -0.05) is 12.2 Å². The highest BCUT2D eigenvalue weighted by Crippen LogP contribution is 2.18. The standard InChI is InChI=1S/C12H14ClFO2/c1-15-9-16-11-6-5-10(12(14)8-11)4-2-3-7-13/h2,4-6,8H,3,7,9H2,1H3. The molecule has 1 aromatic carbocycles. The lowest BCUT2D eigenvalue weighted by molar-refractivity contribution is 0.0509. The first-order valence-corrected chi connectivity index (χ1v) is 5.45. The van der Waals surface area contributed by atoms with E-state index in [4.69, 9.17) is 21.1 Å². The predicted molar refractivity (Wildman–Crippen MR) is 63.3 cm³/mol. The molecule has 1 rings (SSSR count). The average Bonchev–Trinajstić information content (AvgIpc) is 2.29. The van der Waals surface area contributed by atoms with Gasteiger partial charge in [0.15, 0.2) is 6.79 Å². The lowest BCUT2D eigenvalue weighted by Crippen LogP contribution is -1.99. The summed E-state index contributed by atoms with van der Waals surface area (Å²) in [6.07, 6.45) is 4.27. The molecular weight excluding hydrogens is 231 g/mol. The highest BCUT2D eigenvalue weighted by atomic mass is 35.5. The number of rotatable bonds is 6. The zero-order chi connectivity index (χ0) is 11.8. The Bertz CT molecular complexity index is 353. The fourth-order valence-corrected chi connectivity index (χ4v) is 1.26. The number of alkyl halides is 1. The zero-order valence-corrected chi connectivity index (χ0v) is 9.84. The minimum absolute atomic E-state index is 0.112. The summed E-state index contributed by atoms with van der Waals surface area (Å²) in [5.41, 5.74) is 0.523. The van der Waals surface area contributed by atoms with E-state index in [1.54, 1.807) is 18.2 Å². The smallest absolute Gasteiger partial charge is 0.188 e. The van der Waals surface area contributed by atoms with Crippen molar-refractivity contribution >= 4 is 17.7 Å². The lowest BCUT2D eigenvalue weighted by atomic mass is 10.2. The fraction of sp³-hybridized carbons (Fsp3) is 0.333. The highest BCUT2D eigenvalue weighted by Gasteiger charge is 2.01. The third-order valence-electron chi connectivity index (χ3n) is 1.89. The summed E-state index contributed by atoms with van der Waals surface area (Å²) < 4.78 is 23.3. The van der Waals surface area contributed by atoms with Crippen LogP contribution in [0, 0.1) is 5.82 Å². The van der Waals surface area contributed by atoms with E-state index in [-0.39, 0.29) is 12.6 Å². The Labute approximate surface area is 99.6 Å². The number of hydrogen-bond acceptors (Lipinski definition) is 2. The summed E-state index contributed by atoms with van der Waals surface area (Å²) in [6, 6.07) is 4.69. The minimum atomic E-state index is -0.320. The Morgan fingerprint density at radius 1 is 1.44 bits per heavy atom. The molecular formula is C12H14ClFO2. The molecule has 0 unspecified atom stereocenters. The Morgan fingerprint density at radius 3 is 2.88 bits per heavy atom. The molecule has 0 bridgehead atoms. The second kappa shape index (κ2) is 7.25. The summed E-state index contributed by atoms with van der Waals surface area (Å²) >= 11 is 5.51. The van der Waals surface area contributed by atoms with Gasteiger partial charge in [-0.15, -0.1) is 11.6 Å². The first-order chi connectivity index (χ1) is 7.77. The highest BCUT2D eigenvalue weighted by molar-refractivity contribution is 6.17. The molecule has 16 heavy (non-hydrogen) atoms. The molecule has 0 saturated heterocycles. The van der Waals surface area contributed by atoms with E-state index < -0.39 is 0 Å². The van der Waals surface area contributed by atoms with Gasteiger partial charge in [0.2, 0.25) is 0 Å². The van der Waals surface area contributed by atoms with Gasteiger partial charge >= 0.3 is 0 Å². The van der Waals surface area contributed by atoms with E-state index in [1.807, 2.05) is 6.08 Å². The van der Waals surface area contributed by atoms with E-state index >= 15 is 0 Å². The van der Waals surface area contributed by atoms with Crippen LogP contribution in [0.5, 0.6) is 5.75 Å². The maximum Gasteiger partial charge on any atom is 0.188 e. The van der Waals surface area contributed by atoms with Gasteiger partial charge in [0, 0.05) is 24.6 Å². The van der Waals surface area contributed by atoms with Gasteiger partial charge < -0.3 is 9.47 Å². The number of benzene rings is 1. The first kappa shape index (κ1) is 13.0. The van der Waals surface area contributed by atoms with Gasteiger partial charge in [0.25, 0.3) is 0 Å². The van der Waals surface area contributed by atoms with Crippen LogP contribution in [0.25, 0.3) is 6.08 Å². The summed E-state index contributed by atoms with van der Waals surface area (Å²) in [5, 5.41) is 0. The third-order valence-corrected chi connectivity index (χ3v) is 2.11. The van der Waals surface area contributed by atoms with Crippen LogP contribution in [0.1, 0.15) is 12.0 Å². The average molecular weight is 245 g/mol. The second-order valence-corrected chi connectivity index (χ2v) is 3.49. The van der Waals surface area contributed by atoms with Gasteiger partial charge in [-0.2, -0.15) is 0 Å². The van der Waals surface area contributed by atoms with Crippen molar-refractivity contribution in [2.24, 2.45) is 0 Å². The molecule has 0 radical (unpaired) electrons. The van der Waals surface area contributed by atoms with Crippen LogP contribution in [-0.2, 0) is 4.74 Å². The van der Waals surface area contributed by atoms with Gasteiger partial charge in [-0.05, 0) is 18.6 Å². The van der Waals surface area contributed by atoms with E-state index in [9.17, 15) is 4.39 Å². The molecule has 0 aliphatic heterocycles. The largest absolute Gasteiger partial charge is 0.467 e. The van der Waals surface area contributed by atoms with Crippen molar-refractivity contribution in [3.05, 3.63) is 35.7 Å². The van der Waals surface area contributed by atoms with Crippen LogP contribution < -0.4 is 4.74 Å². The fourth-order valence-electron chi connectivity index (χ4n) is 1.13. The molecule has 0 aliphatic rings. The van der Waals surface area contributed by atoms with Gasteiger partial charge in [0.05, 0.1) is 0 Å². The van der Waals surface area contributed by atoms with Crippen molar-refractivity contribution in [1.29, 1.82) is 0 Å². The molecule has 0 fully saturated rings. The Kier molecular flexibility index (Phi) is 5.90. The number of ether oxygens (including phenoxy) is 2. The number of hydrogen-bond donors (Lipinski definition) is 0. The van der Waals surface area contributed by atoms with Crippen LogP contribution in [-0.4, -0.2) is 19.8 Å². The maximum atomic E-state index is 13.5. The molecule has 0 saturated carbocycles. The second-order valence-electron chi connectivity index (χ2n) is 3.11. The quantitative estimate of drug-likeness (QED) is 0.564. The normalized spacial score (nSPS) is 10.9. The van der Waals surface area contributed by atoms with E-state index in [1.165, 1.54) is 13.2 Å². The van der Waals surface area contributed by atoms with Gasteiger partial charge in [-0.3, -0.25) is 0 Å². The molecule has 0 aliphatic carbocycles. The van der Waals surface area contributed by atoms with Crippen molar-refractivity contribution < 1.29 is 13.9 Å². The Balaban J connectivity index is 2.67. The summed E-state index contributed by atoms with van der Waals surface area (Å²) in [6.45, 7) is 0.112. The SMILES string of the molecule is COCOc1ccc(C=CCCCl)c(F)c1. The van der Waals surface area contributed by atoms with Gasteiger partial charge in [0.1, 0.15) is 11.6 Å². The number of halogens is 2. The molecule has 4 heteroatoms. The topological polar surface area (TPSA) is 18.5 Å². The first-order valence-electron chi connectivity index (χ1n) is 4.91. The molecule has 88 valence electrons. The van der Waals surface area contributed by atoms with E-state index in [0.29, 0.717) is 17.2 Å².